The van der Waals surface area contributed by atoms with E-state index >= 15 is 0 Å². The van der Waals surface area contributed by atoms with E-state index in [4.69, 9.17) is 9.05 Å². The smallest absolute Gasteiger partial charge is 0.338 e. The first-order valence-electron chi connectivity index (χ1n) is 8.04. The largest absolute Gasteiger partial charge is 0.396 e. The molecule has 0 heterocycles. The Bertz CT molecular complexity index is 500. The summed E-state index contributed by atoms with van der Waals surface area (Å²) >= 11 is 0. The molecule has 5 nitrogen and oxygen atoms in total. The summed E-state index contributed by atoms with van der Waals surface area (Å²) in [4.78, 5) is 2.00. The Morgan fingerprint density at radius 1 is 1.04 bits per heavy atom. The van der Waals surface area contributed by atoms with Crippen molar-refractivity contribution in [3.8, 4) is 0 Å². The summed E-state index contributed by atoms with van der Waals surface area (Å²) in [5.41, 5.74) is 1.43. The van der Waals surface area contributed by atoms with Crippen LogP contribution in [0.4, 0.5) is 5.69 Å². The average Bonchev–Trinajstić information content (AvgIpc) is 2.42. The summed E-state index contributed by atoms with van der Waals surface area (Å²) in [6.07, 6.45) is -0.110. The third kappa shape index (κ3) is 5.92. The van der Waals surface area contributed by atoms with Gasteiger partial charge in [-0.05, 0) is 51.8 Å². The Morgan fingerprint density at radius 3 is 1.87 bits per heavy atom. The fourth-order valence-corrected chi connectivity index (χ4v) is 4.87. The lowest BCUT2D eigenvalue weighted by atomic mass is 10.1. The number of benzene rings is 1. The van der Waals surface area contributed by atoms with Crippen LogP contribution in [0, 0.1) is 0 Å². The van der Waals surface area contributed by atoms with E-state index in [0.29, 0.717) is 6.42 Å². The molecule has 1 aromatic carbocycles. The van der Waals surface area contributed by atoms with Gasteiger partial charge in [-0.15, -0.1) is 0 Å². The first-order valence-corrected chi connectivity index (χ1v) is 9.65. The Labute approximate surface area is 140 Å². The summed E-state index contributed by atoms with van der Waals surface area (Å²) in [6, 6.07) is 7.79. The normalized spacial score (nSPS) is 13.6. The molecule has 0 aromatic heterocycles. The van der Waals surface area contributed by atoms with Crippen LogP contribution in [-0.2, 0) is 13.6 Å². The molecule has 0 spiro atoms. The predicted molar refractivity (Wildman–Crippen MR) is 95.3 cm³/mol. The highest BCUT2D eigenvalue weighted by Crippen LogP contribution is 2.63. The van der Waals surface area contributed by atoms with Gasteiger partial charge >= 0.3 is 7.60 Å². The number of aliphatic hydroxyl groups excluding tert-OH is 1. The van der Waals surface area contributed by atoms with Gasteiger partial charge in [0.2, 0.25) is 0 Å². The molecule has 0 saturated carbocycles. The molecule has 1 N–H and O–H groups in total. The molecule has 132 valence electrons. The number of aliphatic hydroxyl groups is 1. The maximum atomic E-state index is 13.4. The molecule has 0 amide bonds. The lowest BCUT2D eigenvalue weighted by Crippen LogP contribution is -2.15. The van der Waals surface area contributed by atoms with Crippen molar-refractivity contribution in [3.05, 3.63) is 29.8 Å². The van der Waals surface area contributed by atoms with Gasteiger partial charge in [0.15, 0.2) is 0 Å². The van der Waals surface area contributed by atoms with Crippen molar-refractivity contribution in [2.75, 3.05) is 25.6 Å². The van der Waals surface area contributed by atoms with Crippen LogP contribution in [0.25, 0.3) is 0 Å². The van der Waals surface area contributed by atoms with Crippen molar-refractivity contribution in [3.63, 3.8) is 0 Å². The minimum Gasteiger partial charge on any atom is -0.396 e. The summed E-state index contributed by atoms with van der Waals surface area (Å²) in [5.74, 6) is 0. The molecule has 1 atom stereocenters. The van der Waals surface area contributed by atoms with E-state index in [1.165, 1.54) is 0 Å². The molecular formula is C17H30NO4P. The van der Waals surface area contributed by atoms with Crippen LogP contribution in [0.15, 0.2) is 24.3 Å². The predicted octanol–water partition coefficient (Wildman–Crippen LogP) is 4.22. The average molecular weight is 343 g/mol. The third-order valence-electron chi connectivity index (χ3n) is 3.29. The van der Waals surface area contributed by atoms with Gasteiger partial charge in [0.1, 0.15) is 0 Å². The quantitative estimate of drug-likeness (QED) is 0.680. The Morgan fingerprint density at radius 2 is 1.52 bits per heavy atom. The third-order valence-corrected chi connectivity index (χ3v) is 6.04. The van der Waals surface area contributed by atoms with E-state index in [0.717, 1.165) is 11.3 Å². The SMILES string of the molecule is CC(C)OP(=O)(OC(C)C)[C@@H](CCO)c1ccc(N(C)C)cc1. The highest BCUT2D eigenvalue weighted by atomic mass is 31.2. The van der Waals surface area contributed by atoms with E-state index < -0.39 is 13.3 Å². The van der Waals surface area contributed by atoms with Gasteiger partial charge in [-0.1, -0.05) is 12.1 Å². The Kier molecular flexibility index (Phi) is 7.75. The number of nitrogens with zero attached hydrogens (tertiary/aromatic N) is 1. The van der Waals surface area contributed by atoms with Crippen LogP contribution in [0.1, 0.15) is 45.3 Å². The van der Waals surface area contributed by atoms with Crippen molar-refractivity contribution in [2.24, 2.45) is 0 Å². The van der Waals surface area contributed by atoms with E-state index in [-0.39, 0.29) is 18.8 Å². The number of anilines is 1. The molecule has 0 radical (unpaired) electrons. The summed E-state index contributed by atoms with van der Waals surface area (Å²) in [7, 11) is 0.542. The van der Waals surface area contributed by atoms with E-state index in [2.05, 4.69) is 0 Å². The molecule has 0 unspecified atom stereocenters. The topological polar surface area (TPSA) is 59.0 Å². The van der Waals surface area contributed by atoms with Gasteiger partial charge in [-0.3, -0.25) is 4.57 Å². The van der Waals surface area contributed by atoms with E-state index in [1.807, 2.05) is 71.0 Å². The van der Waals surface area contributed by atoms with Crippen LogP contribution < -0.4 is 4.90 Å². The van der Waals surface area contributed by atoms with Gasteiger partial charge in [-0.2, -0.15) is 0 Å². The van der Waals surface area contributed by atoms with Crippen LogP contribution in [0.5, 0.6) is 0 Å². The molecule has 0 saturated heterocycles. The Hall–Kier alpha value is -0.870. The Balaban J connectivity index is 3.20. The maximum Gasteiger partial charge on any atom is 0.338 e. The lowest BCUT2D eigenvalue weighted by Gasteiger charge is -2.30. The van der Waals surface area contributed by atoms with Gasteiger partial charge in [-0.25, -0.2) is 0 Å². The van der Waals surface area contributed by atoms with Crippen LogP contribution in [-0.4, -0.2) is 38.0 Å². The molecule has 0 bridgehead atoms. The fraction of sp³-hybridized carbons (Fsp3) is 0.647. The second-order valence-corrected chi connectivity index (χ2v) is 8.49. The maximum absolute atomic E-state index is 13.4. The molecule has 0 aliphatic rings. The summed E-state index contributed by atoms with van der Waals surface area (Å²) < 4.78 is 24.8. The summed E-state index contributed by atoms with van der Waals surface area (Å²) in [6.45, 7) is 7.26. The molecule has 1 rings (SSSR count). The van der Waals surface area contributed by atoms with Crippen LogP contribution in [0.2, 0.25) is 0 Å². The second kappa shape index (κ2) is 8.84. The van der Waals surface area contributed by atoms with E-state index in [9.17, 15) is 9.67 Å². The molecule has 0 fully saturated rings. The zero-order valence-electron chi connectivity index (χ0n) is 15.0. The minimum atomic E-state index is -3.39. The second-order valence-electron chi connectivity index (χ2n) is 6.36. The molecule has 0 aliphatic carbocycles. The zero-order valence-corrected chi connectivity index (χ0v) is 15.9. The van der Waals surface area contributed by atoms with Gasteiger partial charge in [0.25, 0.3) is 0 Å². The van der Waals surface area contributed by atoms with Gasteiger partial charge in [0, 0.05) is 26.4 Å². The van der Waals surface area contributed by atoms with Gasteiger partial charge < -0.3 is 19.1 Å². The standard InChI is InChI=1S/C17H30NO4P/c1-13(2)21-23(20,22-14(3)4)17(11-12-19)15-7-9-16(10-8-15)18(5)6/h7-10,13-14,17,19H,11-12H2,1-6H3/t17-/m0/s1. The first kappa shape index (κ1) is 20.2. The number of hydrogen-bond acceptors (Lipinski definition) is 5. The van der Waals surface area contributed by atoms with Crippen molar-refractivity contribution in [1.29, 1.82) is 0 Å². The number of rotatable bonds is 9. The number of hydrogen-bond donors (Lipinski definition) is 1. The molecule has 0 aliphatic heterocycles. The zero-order chi connectivity index (χ0) is 17.6. The first-order chi connectivity index (χ1) is 10.7. The fourth-order valence-electron chi connectivity index (χ4n) is 2.38. The summed E-state index contributed by atoms with van der Waals surface area (Å²) in [5, 5.41) is 9.43. The van der Waals surface area contributed by atoms with Crippen molar-refractivity contribution in [2.45, 2.75) is 52.0 Å². The monoisotopic (exact) mass is 343 g/mol. The van der Waals surface area contributed by atoms with Gasteiger partial charge in [0.05, 0.1) is 17.9 Å². The highest BCUT2D eigenvalue weighted by Gasteiger charge is 2.38. The van der Waals surface area contributed by atoms with Crippen LogP contribution >= 0.6 is 7.60 Å². The molecular weight excluding hydrogens is 313 g/mol. The van der Waals surface area contributed by atoms with Crippen molar-refractivity contribution in [1.82, 2.24) is 0 Å². The molecule has 1 aromatic rings. The van der Waals surface area contributed by atoms with Crippen molar-refractivity contribution < 1.29 is 18.7 Å². The van der Waals surface area contributed by atoms with Crippen LogP contribution in [0.3, 0.4) is 0 Å². The van der Waals surface area contributed by atoms with E-state index in [1.54, 1.807) is 0 Å². The minimum absolute atomic E-state index is 0.0764. The molecule has 6 heteroatoms. The van der Waals surface area contributed by atoms with Crippen molar-refractivity contribution >= 4 is 13.3 Å². The highest BCUT2D eigenvalue weighted by molar-refractivity contribution is 7.54. The molecule has 23 heavy (non-hydrogen) atoms. The lowest BCUT2D eigenvalue weighted by molar-refractivity contribution is 0.133.